The summed E-state index contributed by atoms with van der Waals surface area (Å²) in [4.78, 5) is 20.7. The summed E-state index contributed by atoms with van der Waals surface area (Å²) in [5, 5.41) is 5.86. The summed E-state index contributed by atoms with van der Waals surface area (Å²) in [6.07, 6.45) is 2.63. The van der Waals surface area contributed by atoms with Gasteiger partial charge in [-0.2, -0.15) is 0 Å². The zero-order valence-corrected chi connectivity index (χ0v) is 12.4. The first-order chi connectivity index (χ1) is 8.95. The van der Waals surface area contributed by atoms with Crippen LogP contribution in [0.3, 0.4) is 0 Å². The van der Waals surface area contributed by atoms with Gasteiger partial charge in [-0.1, -0.05) is 27.7 Å². The molecule has 0 saturated heterocycles. The highest BCUT2D eigenvalue weighted by Gasteiger charge is 2.15. The third kappa shape index (κ3) is 4.50. The van der Waals surface area contributed by atoms with Gasteiger partial charge >= 0.3 is 0 Å². The molecular weight excluding hydrogens is 240 g/mol. The molecule has 1 rings (SSSR count). The molecule has 0 fully saturated rings. The SMILES string of the molecule is CNc1cnc(C(C)C)nc1C(=O)NCCC(C)C. The molecule has 0 unspecified atom stereocenters. The Balaban J connectivity index is 2.84. The molecule has 0 bridgehead atoms. The van der Waals surface area contributed by atoms with E-state index >= 15 is 0 Å². The maximum absolute atomic E-state index is 12.1. The van der Waals surface area contributed by atoms with Crippen LogP contribution in [0.2, 0.25) is 0 Å². The second-order valence-electron chi connectivity index (χ2n) is 5.33. The lowest BCUT2D eigenvalue weighted by atomic mass is 10.1. The van der Waals surface area contributed by atoms with Gasteiger partial charge in [-0.05, 0) is 12.3 Å². The molecule has 1 amide bonds. The van der Waals surface area contributed by atoms with Crippen LogP contribution in [0.4, 0.5) is 5.69 Å². The molecule has 106 valence electrons. The Hall–Kier alpha value is -1.65. The van der Waals surface area contributed by atoms with E-state index in [2.05, 4.69) is 34.4 Å². The molecule has 1 aromatic rings. The predicted octanol–water partition coefficient (Wildman–Crippen LogP) is 2.42. The molecule has 0 spiro atoms. The quantitative estimate of drug-likeness (QED) is 0.828. The van der Waals surface area contributed by atoms with Crippen LogP contribution >= 0.6 is 0 Å². The molecule has 5 nitrogen and oxygen atoms in total. The number of nitrogens with one attached hydrogen (secondary N) is 2. The molecule has 0 aliphatic rings. The maximum atomic E-state index is 12.1. The number of nitrogens with zero attached hydrogens (tertiary/aromatic N) is 2. The Morgan fingerprint density at radius 1 is 1.32 bits per heavy atom. The van der Waals surface area contributed by atoms with Gasteiger partial charge in [0.25, 0.3) is 5.91 Å². The first-order valence-corrected chi connectivity index (χ1v) is 6.78. The Morgan fingerprint density at radius 3 is 2.53 bits per heavy atom. The fraction of sp³-hybridized carbons (Fsp3) is 0.643. The average molecular weight is 264 g/mol. The summed E-state index contributed by atoms with van der Waals surface area (Å²) in [6, 6.07) is 0. The van der Waals surface area contributed by atoms with Crippen molar-refractivity contribution in [1.82, 2.24) is 15.3 Å². The average Bonchev–Trinajstić information content (AvgIpc) is 2.37. The Kier molecular flexibility index (Phi) is 5.73. The van der Waals surface area contributed by atoms with Gasteiger partial charge in [0.15, 0.2) is 5.69 Å². The maximum Gasteiger partial charge on any atom is 0.272 e. The Morgan fingerprint density at radius 2 is 2.00 bits per heavy atom. The Labute approximate surface area is 115 Å². The summed E-state index contributed by atoms with van der Waals surface area (Å²) in [5.74, 6) is 1.32. The highest BCUT2D eigenvalue weighted by atomic mass is 16.1. The van der Waals surface area contributed by atoms with E-state index < -0.39 is 0 Å². The van der Waals surface area contributed by atoms with E-state index in [0.717, 1.165) is 6.42 Å². The second kappa shape index (κ2) is 7.07. The molecular formula is C14H24N4O. The summed E-state index contributed by atoms with van der Waals surface area (Å²) in [7, 11) is 1.76. The van der Waals surface area contributed by atoms with Crippen molar-refractivity contribution in [2.24, 2.45) is 5.92 Å². The van der Waals surface area contributed by atoms with Gasteiger partial charge in [0.1, 0.15) is 5.82 Å². The van der Waals surface area contributed by atoms with E-state index in [0.29, 0.717) is 29.7 Å². The first-order valence-electron chi connectivity index (χ1n) is 6.78. The van der Waals surface area contributed by atoms with E-state index in [1.54, 1.807) is 13.2 Å². The second-order valence-corrected chi connectivity index (χ2v) is 5.33. The van der Waals surface area contributed by atoms with Gasteiger partial charge < -0.3 is 10.6 Å². The molecule has 1 heterocycles. The van der Waals surface area contributed by atoms with Crippen LogP contribution in [0.25, 0.3) is 0 Å². The number of amides is 1. The zero-order chi connectivity index (χ0) is 14.4. The standard InChI is InChI=1S/C14H24N4O/c1-9(2)6-7-16-14(19)12-11(15-5)8-17-13(18-12)10(3)4/h8-10,15H,6-7H2,1-5H3,(H,16,19). The minimum absolute atomic E-state index is 0.144. The fourth-order valence-electron chi connectivity index (χ4n) is 1.59. The third-order valence-corrected chi connectivity index (χ3v) is 2.82. The fourth-order valence-corrected chi connectivity index (χ4v) is 1.59. The van der Waals surface area contributed by atoms with Crippen molar-refractivity contribution in [1.29, 1.82) is 0 Å². The summed E-state index contributed by atoms with van der Waals surface area (Å²) < 4.78 is 0. The van der Waals surface area contributed by atoms with Crippen molar-refractivity contribution in [3.05, 3.63) is 17.7 Å². The number of hydrogen-bond donors (Lipinski definition) is 2. The van der Waals surface area contributed by atoms with Crippen LogP contribution in [0.15, 0.2) is 6.20 Å². The first kappa shape index (κ1) is 15.4. The molecule has 0 aliphatic heterocycles. The minimum Gasteiger partial charge on any atom is -0.385 e. The largest absolute Gasteiger partial charge is 0.385 e. The molecule has 1 aromatic heterocycles. The van der Waals surface area contributed by atoms with Crippen molar-refractivity contribution in [2.45, 2.75) is 40.0 Å². The van der Waals surface area contributed by atoms with E-state index in [1.807, 2.05) is 13.8 Å². The van der Waals surface area contributed by atoms with Crippen LogP contribution in [0.5, 0.6) is 0 Å². The van der Waals surface area contributed by atoms with E-state index in [-0.39, 0.29) is 11.8 Å². The Bertz CT molecular complexity index is 429. The highest BCUT2D eigenvalue weighted by molar-refractivity contribution is 5.97. The summed E-state index contributed by atoms with van der Waals surface area (Å²) in [5.41, 5.74) is 1.08. The minimum atomic E-state index is -0.144. The normalized spacial score (nSPS) is 10.9. The van der Waals surface area contributed by atoms with E-state index in [4.69, 9.17) is 0 Å². The van der Waals surface area contributed by atoms with E-state index in [1.165, 1.54) is 0 Å². The summed E-state index contributed by atoms with van der Waals surface area (Å²) >= 11 is 0. The van der Waals surface area contributed by atoms with Gasteiger partial charge in [0, 0.05) is 19.5 Å². The zero-order valence-electron chi connectivity index (χ0n) is 12.4. The van der Waals surface area contributed by atoms with Crippen LogP contribution in [0.1, 0.15) is 56.3 Å². The van der Waals surface area contributed by atoms with Gasteiger partial charge in [0.05, 0.1) is 11.9 Å². The van der Waals surface area contributed by atoms with Crippen molar-refractivity contribution in [2.75, 3.05) is 18.9 Å². The van der Waals surface area contributed by atoms with Crippen molar-refractivity contribution < 1.29 is 4.79 Å². The highest BCUT2D eigenvalue weighted by Crippen LogP contribution is 2.15. The number of aromatic nitrogens is 2. The third-order valence-electron chi connectivity index (χ3n) is 2.82. The lowest BCUT2D eigenvalue weighted by molar-refractivity contribution is 0.0947. The monoisotopic (exact) mass is 264 g/mol. The molecule has 0 aromatic carbocycles. The van der Waals surface area contributed by atoms with Crippen LogP contribution in [-0.4, -0.2) is 29.5 Å². The molecule has 2 N–H and O–H groups in total. The van der Waals surface area contributed by atoms with Crippen molar-refractivity contribution in [3.8, 4) is 0 Å². The number of carbonyl (C=O) groups is 1. The van der Waals surface area contributed by atoms with Gasteiger partial charge in [-0.25, -0.2) is 9.97 Å². The lowest BCUT2D eigenvalue weighted by Gasteiger charge is -2.12. The number of rotatable bonds is 6. The molecule has 5 heteroatoms. The smallest absolute Gasteiger partial charge is 0.272 e. The van der Waals surface area contributed by atoms with Crippen LogP contribution in [0, 0.1) is 5.92 Å². The van der Waals surface area contributed by atoms with Crippen molar-refractivity contribution in [3.63, 3.8) is 0 Å². The molecule has 0 aliphatic carbocycles. The molecule has 0 radical (unpaired) electrons. The van der Waals surface area contributed by atoms with Gasteiger partial charge in [0.2, 0.25) is 0 Å². The van der Waals surface area contributed by atoms with Crippen LogP contribution < -0.4 is 10.6 Å². The predicted molar refractivity (Wildman–Crippen MR) is 77.5 cm³/mol. The lowest BCUT2D eigenvalue weighted by Crippen LogP contribution is -2.27. The topological polar surface area (TPSA) is 66.9 Å². The van der Waals surface area contributed by atoms with Gasteiger partial charge in [-0.3, -0.25) is 4.79 Å². The van der Waals surface area contributed by atoms with E-state index in [9.17, 15) is 4.79 Å². The number of anilines is 1. The molecule has 0 saturated carbocycles. The van der Waals surface area contributed by atoms with Crippen LogP contribution in [-0.2, 0) is 0 Å². The molecule has 0 atom stereocenters. The van der Waals surface area contributed by atoms with Crippen molar-refractivity contribution >= 4 is 11.6 Å². The summed E-state index contributed by atoms with van der Waals surface area (Å²) in [6.45, 7) is 8.95. The molecule has 19 heavy (non-hydrogen) atoms. The number of carbonyl (C=O) groups excluding carboxylic acids is 1. The number of hydrogen-bond acceptors (Lipinski definition) is 4. The van der Waals surface area contributed by atoms with Gasteiger partial charge in [-0.15, -0.1) is 0 Å².